The van der Waals surface area contributed by atoms with Crippen LogP contribution in [0.5, 0.6) is 0 Å². The van der Waals surface area contributed by atoms with Gasteiger partial charge in [0.05, 0.1) is 21.5 Å². The molecule has 4 aromatic rings. The van der Waals surface area contributed by atoms with Crippen molar-refractivity contribution in [3.8, 4) is 11.4 Å². The average molecular weight is 522 g/mol. The fourth-order valence-electron chi connectivity index (χ4n) is 3.48. The van der Waals surface area contributed by atoms with Crippen molar-refractivity contribution in [2.24, 2.45) is 0 Å². The van der Waals surface area contributed by atoms with Crippen LogP contribution in [0.4, 0.5) is 5.69 Å². The second kappa shape index (κ2) is 10.6. The largest absolute Gasteiger partial charge is 0.449 e. The van der Waals surface area contributed by atoms with E-state index in [2.05, 4.69) is 20.3 Å². The van der Waals surface area contributed by atoms with E-state index in [1.165, 1.54) is 24.3 Å². The minimum Gasteiger partial charge on any atom is -0.449 e. The van der Waals surface area contributed by atoms with Gasteiger partial charge >= 0.3 is 5.97 Å². The first-order valence-corrected chi connectivity index (χ1v) is 12.7. The number of carbonyl (C=O) groups excluding carboxylic acids is 3. The highest BCUT2D eigenvalue weighted by molar-refractivity contribution is 7.90. The maximum atomic E-state index is 12.8. The summed E-state index contributed by atoms with van der Waals surface area (Å²) in [5.74, 6) is -1.37. The minimum absolute atomic E-state index is 0.139. The van der Waals surface area contributed by atoms with Crippen LogP contribution in [0.3, 0.4) is 0 Å². The maximum Gasteiger partial charge on any atom is 0.338 e. The number of fused-ring (bicyclic) bond motifs is 1. The highest BCUT2D eigenvalue weighted by atomic mass is 32.2. The quantitative estimate of drug-likeness (QED) is 0.298. The lowest BCUT2D eigenvalue weighted by Crippen LogP contribution is -2.32. The third-order valence-electron chi connectivity index (χ3n) is 5.28. The Morgan fingerprint density at radius 3 is 2.49 bits per heavy atom. The number of nitrogens with one attached hydrogen (secondary N) is 3. The fourth-order valence-corrected chi connectivity index (χ4v) is 4.47. The summed E-state index contributed by atoms with van der Waals surface area (Å²) in [5, 5.41) is 2.60. The Balaban J connectivity index is 1.43. The first kappa shape index (κ1) is 25.5. The number of aromatic nitrogens is 3. The van der Waals surface area contributed by atoms with Gasteiger partial charge in [-0.3, -0.25) is 14.6 Å². The molecular formula is C25H23N5O6S. The van der Waals surface area contributed by atoms with Crippen LogP contribution in [-0.4, -0.2) is 47.3 Å². The molecule has 11 nitrogen and oxygen atoms in total. The van der Waals surface area contributed by atoms with Gasteiger partial charge in [-0.2, -0.15) is 0 Å². The van der Waals surface area contributed by atoms with Crippen molar-refractivity contribution in [2.75, 3.05) is 5.32 Å². The van der Waals surface area contributed by atoms with Crippen molar-refractivity contribution in [3.05, 3.63) is 72.6 Å². The van der Waals surface area contributed by atoms with Crippen LogP contribution >= 0.6 is 0 Å². The Morgan fingerprint density at radius 2 is 1.84 bits per heavy atom. The van der Waals surface area contributed by atoms with Gasteiger partial charge in [-0.15, -0.1) is 0 Å². The first-order valence-electron chi connectivity index (χ1n) is 11.2. The molecule has 3 N–H and O–H groups in total. The second-order valence-corrected chi connectivity index (χ2v) is 9.72. The summed E-state index contributed by atoms with van der Waals surface area (Å²) >= 11 is 0. The fraction of sp³-hybridized carbons (Fsp3) is 0.160. The van der Waals surface area contributed by atoms with Crippen LogP contribution in [0, 0.1) is 0 Å². The summed E-state index contributed by atoms with van der Waals surface area (Å²) in [7, 11) is -3.99. The zero-order chi connectivity index (χ0) is 26.6. The lowest BCUT2D eigenvalue weighted by atomic mass is 10.2. The van der Waals surface area contributed by atoms with Crippen molar-refractivity contribution in [2.45, 2.75) is 31.3 Å². The van der Waals surface area contributed by atoms with E-state index in [-0.39, 0.29) is 16.9 Å². The van der Waals surface area contributed by atoms with Crippen LogP contribution in [0.15, 0.2) is 71.9 Å². The zero-order valence-electron chi connectivity index (χ0n) is 19.9. The zero-order valence-corrected chi connectivity index (χ0v) is 20.7. The molecule has 2 amide bonds. The number of hydrogen-bond donors (Lipinski definition) is 3. The summed E-state index contributed by atoms with van der Waals surface area (Å²) in [5.41, 5.74) is 2.62. The number of aromatic amines is 1. The number of anilines is 1. The number of benzene rings is 2. The molecule has 2 heterocycles. The van der Waals surface area contributed by atoms with Gasteiger partial charge in [0.25, 0.3) is 15.9 Å². The van der Waals surface area contributed by atoms with E-state index in [1.807, 2.05) is 10.8 Å². The highest BCUT2D eigenvalue weighted by Crippen LogP contribution is 2.21. The maximum absolute atomic E-state index is 12.8. The molecule has 1 atom stereocenters. The Hall–Kier alpha value is -4.58. The third kappa shape index (κ3) is 5.98. The summed E-state index contributed by atoms with van der Waals surface area (Å²) in [4.78, 5) is 48.2. The number of sulfonamides is 1. The van der Waals surface area contributed by atoms with Gasteiger partial charge in [0.2, 0.25) is 5.91 Å². The number of ether oxygens (including phenoxy) is 1. The Kier molecular flexibility index (Phi) is 7.30. The smallest absolute Gasteiger partial charge is 0.338 e. The second-order valence-electron chi connectivity index (χ2n) is 8.04. The molecule has 1 unspecified atom stereocenters. The van der Waals surface area contributed by atoms with E-state index in [1.54, 1.807) is 43.6 Å². The van der Waals surface area contributed by atoms with Gasteiger partial charge in [0, 0.05) is 30.6 Å². The summed E-state index contributed by atoms with van der Waals surface area (Å²) < 4.78 is 31.4. The van der Waals surface area contributed by atoms with Crippen molar-refractivity contribution >= 4 is 44.5 Å². The molecule has 4 rings (SSSR count). The van der Waals surface area contributed by atoms with E-state index in [0.717, 1.165) is 12.5 Å². The first-order chi connectivity index (χ1) is 17.7. The van der Waals surface area contributed by atoms with Crippen LogP contribution in [-0.2, 0) is 24.3 Å². The molecule has 2 aromatic heterocycles. The molecule has 0 fully saturated rings. The molecule has 0 aliphatic carbocycles. The molecule has 37 heavy (non-hydrogen) atoms. The number of hydrogen-bond acceptors (Lipinski definition) is 8. The van der Waals surface area contributed by atoms with Gasteiger partial charge in [-0.25, -0.2) is 22.9 Å². The average Bonchev–Trinajstić information content (AvgIpc) is 3.31. The molecular weight excluding hydrogens is 498 g/mol. The number of carbonyl (C=O) groups is 3. The predicted molar refractivity (Wildman–Crippen MR) is 135 cm³/mol. The van der Waals surface area contributed by atoms with Gasteiger partial charge in [0.1, 0.15) is 5.82 Å². The number of amides is 2. The Bertz CT molecular complexity index is 1570. The number of rotatable bonds is 8. The molecule has 0 aliphatic heterocycles. The van der Waals surface area contributed by atoms with Gasteiger partial charge in [-0.05, 0) is 61.0 Å². The summed E-state index contributed by atoms with van der Waals surface area (Å²) in [6.45, 7) is 2.78. The van der Waals surface area contributed by atoms with Crippen molar-refractivity contribution in [1.82, 2.24) is 19.7 Å². The standard InChI is InChI=1S/C25H23N5O6S/c1-3-22(24(32)27-18-7-9-19(10-8-18)37(34,35)30-15(2)31)36-25(33)16-6-11-20-21(13-16)29-23(28-20)17-5-4-12-26-14-17/h4-14,22H,3H2,1-2H3,(H,27,32)(H,28,29)(H,30,31). The van der Waals surface area contributed by atoms with Crippen molar-refractivity contribution in [1.29, 1.82) is 0 Å². The molecule has 12 heteroatoms. The molecule has 2 aromatic carbocycles. The Labute approximate surface area is 212 Å². The van der Waals surface area contributed by atoms with Gasteiger partial charge in [-0.1, -0.05) is 6.92 Å². The van der Waals surface area contributed by atoms with Crippen LogP contribution in [0.1, 0.15) is 30.6 Å². The number of imidazole rings is 1. The predicted octanol–water partition coefficient (Wildman–Crippen LogP) is 3.02. The third-order valence-corrected chi connectivity index (χ3v) is 6.72. The van der Waals surface area contributed by atoms with Crippen LogP contribution in [0.2, 0.25) is 0 Å². The van der Waals surface area contributed by atoms with Gasteiger partial charge < -0.3 is 15.0 Å². The van der Waals surface area contributed by atoms with Crippen molar-refractivity contribution in [3.63, 3.8) is 0 Å². The Morgan fingerprint density at radius 1 is 1.08 bits per heavy atom. The van der Waals surface area contributed by atoms with Crippen molar-refractivity contribution < 1.29 is 27.5 Å². The number of esters is 1. The minimum atomic E-state index is -3.99. The number of H-pyrrole nitrogens is 1. The normalized spacial score (nSPS) is 12.1. The monoisotopic (exact) mass is 521 g/mol. The molecule has 0 bridgehead atoms. The van der Waals surface area contributed by atoms with E-state index in [4.69, 9.17) is 4.74 Å². The molecule has 190 valence electrons. The van der Waals surface area contributed by atoms with Crippen LogP contribution < -0.4 is 10.0 Å². The van der Waals surface area contributed by atoms with E-state index in [9.17, 15) is 22.8 Å². The molecule has 0 saturated heterocycles. The summed E-state index contributed by atoms with van der Waals surface area (Å²) in [6, 6.07) is 13.7. The van der Waals surface area contributed by atoms with E-state index >= 15 is 0 Å². The molecule has 0 saturated carbocycles. The van der Waals surface area contributed by atoms with E-state index in [0.29, 0.717) is 22.5 Å². The van der Waals surface area contributed by atoms with Gasteiger partial charge in [0.15, 0.2) is 6.10 Å². The SMILES string of the molecule is CCC(OC(=O)c1ccc2nc(-c3cccnc3)[nH]c2c1)C(=O)Nc1ccc(S(=O)(=O)NC(C)=O)cc1. The van der Waals surface area contributed by atoms with E-state index < -0.39 is 33.9 Å². The highest BCUT2D eigenvalue weighted by Gasteiger charge is 2.23. The lowest BCUT2D eigenvalue weighted by Gasteiger charge is -2.16. The topological polar surface area (TPSA) is 160 Å². The number of pyridine rings is 1. The number of nitrogens with zero attached hydrogens (tertiary/aromatic N) is 2. The van der Waals surface area contributed by atoms with Crippen LogP contribution in [0.25, 0.3) is 22.4 Å². The molecule has 0 aliphatic rings. The molecule has 0 radical (unpaired) electrons. The molecule has 0 spiro atoms. The lowest BCUT2D eigenvalue weighted by molar-refractivity contribution is -0.124. The summed E-state index contributed by atoms with van der Waals surface area (Å²) in [6.07, 6.45) is 2.46.